The van der Waals surface area contributed by atoms with E-state index >= 15 is 0 Å². The summed E-state index contributed by atoms with van der Waals surface area (Å²) in [5, 5.41) is 2.07. The van der Waals surface area contributed by atoms with Gasteiger partial charge in [0.15, 0.2) is 16.5 Å². The fourth-order valence-corrected chi connectivity index (χ4v) is 3.24. The molecule has 1 aromatic carbocycles. The summed E-state index contributed by atoms with van der Waals surface area (Å²) in [4.78, 5) is 5.29. The standard InChI is InChI=1S/C14H13ClN2O2S/c1-18-12-4-3-9(5-13(12)19-2)11-8-20-14-16-7-10(6-15)17(11)14/h3-5,7-8H,6H2,1-2H3. The Balaban J connectivity index is 2.17. The monoisotopic (exact) mass is 308 g/mol. The molecule has 4 nitrogen and oxygen atoms in total. The summed E-state index contributed by atoms with van der Waals surface area (Å²) in [6.45, 7) is 0. The zero-order valence-electron chi connectivity index (χ0n) is 11.1. The van der Waals surface area contributed by atoms with Crippen LogP contribution in [0.25, 0.3) is 16.2 Å². The molecule has 20 heavy (non-hydrogen) atoms. The van der Waals surface area contributed by atoms with Crippen molar-refractivity contribution in [3.8, 4) is 22.8 Å². The van der Waals surface area contributed by atoms with E-state index in [0.717, 1.165) is 21.9 Å². The van der Waals surface area contributed by atoms with Gasteiger partial charge in [-0.1, -0.05) is 0 Å². The molecule has 2 heterocycles. The largest absolute Gasteiger partial charge is 0.493 e. The van der Waals surface area contributed by atoms with Gasteiger partial charge >= 0.3 is 0 Å². The van der Waals surface area contributed by atoms with Crippen molar-refractivity contribution in [2.45, 2.75) is 5.88 Å². The van der Waals surface area contributed by atoms with Gasteiger partial charge in [0.2, 0.25) is 0 Å². The molecule has 0 radical (unpaired) electrons. The molecule has 0 spiro atoms. The quantitative estimate of drug-likeness (QED) is 0.687. The predicted octanol–water partition coefficient (Wildman–Crippen LogP) is 3.82. The lowest BCUT2D eigenvalue weighted by molar-refractivity contribution is 0.355. The van der Waals surface area contributed by atoms with E-state index in [1.54, 1.807) is 25.6 Å². The predicted molar refractivity (Wildman–Crippen MR) is 81.2 cm³/mol. The van der Waals surface area contributed by atoms with Crippen LogP contribution in [0.5, 0.6) is 11.5 Å². The van der Waals surface area contributed by atoms with Crippen LogP contribution in [0.15, 0.2) is 29.8 Å². The highest BCUT2D eigenvalue weighted by Crippen LogP contribution is 2.34. The Morgan fingerprint density at radius 3 is 2.75 bits per heavy atom. The van der Waals surface area contributed by atoms with Crippen molar-refractivity contribution in [1.82, 2.24) is 9.38 Å². The van der Waals surface area contributed by atoms with E-state index in [9.17, 15) is 0 Å². The summed E-state index contributed by atoms with van der Waals surface area (Å²) in [6, 6.07) is 5.86. The van der Waals surface area contributed by atoms with Crippen LogP contribution in [0.3, 0.4) is 0 Å². The summed E-state index contributed by atoms with van der Waals surface area (Å²) in [7, 11) is 3.26. The van der Waals surface area contributed by atoms with Crippen LogP contribution >= 0.6 is 22.9 Å². The summed E-state index contributed by atoms with van der Waals surface area (Å²) < 4.78 is 12.7. The fraction of sp³-hybridized carbons (Fsp3) is 0.214. The molecule has 0 amide bonds. The second kappa shape index (κ2) is 5.34. The molecule has 0 saturated carbocycles. The van der Waals surface area contributed by atoms with Crippen molar-refractivity contribution in [3.63, 3.8) is 0 Å². The minimum atomic E-state index is 0.429. The van der Waals surface area contributed by atoms with Crippen molar-refractivity contribution in [3.05, 3.63) is 35.5 Å². The minimum absolute atomic E-state index is 0.429. The van der Waals surface area contributed by atoms with Gasteiger partial charge in [0.05, 0.1) is 37.7 Å². The number of hydrogen-bond acceptors (Lipinski definition) is 4. The molecule has 2 aromatic heterocycles. The Bertz CT molecular complexity index is 751. The van der Waals surface area contributed by atoms with Crippen LogP contribution < -0.4 is 9.47 Å². The van der Waals surface area contributed by atoms with Crippen LogP contribution in [-0.2, 0) is 5.88 Å². The van der Waals surface area contributed by atoms with E-state index in [1.165, 1.54) is 0 Å². The first-order valence-electron chi connectivity index (χ1n) is 6.00. The van der Waals surface area contributed by atoms with Gasteiger partial charge < -0.3 is 9.47 Å². The van der Waals surface area contributed by atoms with E-state index in [4.69, 9.17) is 21.1 Å². The number of hydrogen-bond donors (Lipinski definition) is 0. The average molecular weight is 309 g/mol. The van der Waals surface area contributed by atoms with Crippen LogP contribution in [0.4, 0.5) is 0 Å². The third-order valence-corrected chi connectivity index (χ3v) is 4.25. The van der Waals surface area contributed by atoms with E-state index in [1.807, 2.05) is 24.4 Å². The maximum Gasteiger partial charge on any atom is 0.194 e. The smallest absolute Gasteiger partial charge is 0.194 e. The number of thiazole rings is 1. The first-order chi connectivity index (χ1) is 9.78. The second-order valence-corrected chi connectivity index (χ2v) is 5.30. The number of aromatic nitrogens is 2. The third-order valence-electron chi connectivity index (χ3n) is 3.14. The molecule has 0 N–H and O–H groups in total. The SMILES string of the molecule is COc1ccc(-c2csc3ncc(CCl)n23)cc1OC. The number of rotatable bonds is 4. The molecular formula is C14H13ClN2O2S. The van der Waals surface area contributed by atoms with Crippen molar-refractivity contribution >= 4 is 27.9 Å². The minimum Gasteiger partial charge on any atom is -0.493 e. The van der Waals surface area contributed by atoms with E-state index in [0.29, 0.717) is 17.4 Å². The van der Waals surface area contributed by atoms with Crippen molar-refractivity contribution < 1.29 is 9.47 Å². The van der Waals surface area contributed by atoms with Gasteiger partial charge in [-0.05, 0) is 18.2 Å². The molecule has 0 atom stereocenters. The maximum absolute atomic E-state index is 5.97. The van der Waals surface area contributed by atoms with Gasteiger partial charge in [-0.15, -0.1) is 22.9 Å². The highest BCUT2D eigenvalue weighted by atomic mass is 35.5. The number of halogens is 1. The van der Waals surface area contributed by atoms with Crippen molar-refractivity contribution in [2.24, 2.45) is 0 Å². The lowest BCUT2D eigenvalue weighted by atomic mass is 10.1. The summed E-state index contributed by atoms with van der Waals surface area (Å²) in [6.07, 6.45) is 1.81. The highest BCUT2D eigenvalue weighted by molar-refractivity contribution is 7.15. The number of nitrogens with zero attached hydrogens (tertiary/aromatic N) is 2. The molecule has 3 rings (SSSR count). The maximum atomic E-state index is 5.97. The third kappa shape index (κ3) is 2.03. The Labute approximate surface area is 125 Å². The van der Waals surface area contributed by atoms with E-state index in [-0.39, 0.29) is 0 Å². The number of imidazole rings is 1. The molecule has 0 bridgehead atoms. The van der Waals surface area contributed by atoms with Crippen molar-refractivity contribution in [1.29, 1.82) is 0 Å². The molecule has 0 saturated heterocycles. The summed E-state index contributed by atoms with van der Waals surface area (Å²) in [5.41, 5.74) is 3.07. The number of benzene rings is 1. The topological polar surface area (TPSA) is 35.8 Å². The molecule has 0 unspecified atom stereocenters. The summed E-state index contributed by atoms with van der Waals surface area (Å²) >= 11 is 7.56. The number of ether oxygens (including phenoxy) is 2. The average Bonchev–Trinajstić information content (AvgIpc) is 3.07. The number of fused-ring (bicyclic) bond motifs is 1. The van der Waals surface area contributed by atoms with Gasteiger partial charge in [0.1, 0.15) is 0 Å². The molecule has 0 aliphatic rings. The fourth-order valence-electron chi connectivity index (χ4n) is 2.16. The van der Waals surface area contributed by atoms with E-state index in [2.05, 4.69) is 14.8 Å². The van der Waals surface area contributed by atoms with Crippen molar-refractivity contribution in [2.75, 3.05) is 14.2 Å². The molecule has 0 aliphatic carbocycles. The van der Waals surface area contributed by atoms with Crippen LogP contribution in [0, 0.1) is 0 Å². The molecule has 6 heteroatoms. The summed E-state index contributed by atoms with van der Waals surface area (Å²) in [5.74, 6) is 1.85. The first kappa shape index (κ1) is 13.3. The molecular weight excluding hydrogens is 296 g/mol. The molecule has 104 valence electrons. The number of methoxy groups -OCH3 is 2. The Kier molecular flexibility index (Phi) is 3.54. The molecule has 0 fully saturated rings. The lowest BCUT2D eigenvalue weighted by Crippen LogP contribution is -1.93. The Hall–Kier alpha value is -1.72. The second-order valence-electron chi connectivity index (χ2n) is 4.19. The Morgan fingerprint density at radius 2 is 2.05 bits per heavy atom. The number of alkyl halides is 1. The molecule has 0 aliphatic heterocycles. The highest BCUT2D eigenvalue weighted by Gasteiger charge is 2.13. The van der Waals surface area contributed by atoms with Gasteiger partial charge in [0, 0.05) is 10.9 Å². The van der Waals surface area contributed by atoms with Crippen LogP contribution in [0.2, 0.25) is 0 Å². The van der Waals surface area contributed by atoms with Gasteiger partial charge in [0.25, 0.3) is 0 Å². The van der Waals surface area contributed by atoms with Crippen LogP contribution in [-0.4, -0.2) is 23.6 Å². The van der Waals surface area contributed by atoms with Crippen LogP contribution in [0.1, 0.15) is 5.69 Å². The normalized spacial score (nSPS) is 10.9. The zero-order valence-corrected chi connectivity index (χ0v) is 12.7. The first-order valence-corrected chi connectivity index (χ1v) is 7.42. The van der Waals surface area contributed by atoms with Gasteiger partial charge in [-0.2, -0.15) is 0 Å². The van der Waals surface area contributed by atoms with Gasteiger partial charge in [-0.3, -0.25) is 4.40 Å². The van der Waals surface area contributed by atoms with Gasteiger partial charge in [-0.25, -0.2) is 4.98 Å². The molecule has 3 aromatic rings. The lowest BCUT2D eigenvalue weighted by Gasteiger charge is -2.09. The Morgan fingerprint density at radius 1 is 1.25 bits per heavy atom. The zero-order chi connectivity index (χ0) is 14.1. The van der Waals surface area contributed by atoms with E-state index < -0.39 is 0 Å².